The minimum atomic E-state index is -3.13. The first-order chi connectivity index (χ1) is 71.0. The molecule has 0 saturated carbocycles. The van der Waals surface area contributed by atoms with Crippen LogP contribution in [-0.2, 0) is 58.6 Å². The van der Waals surface area contributed by atoms with Crippen molar-refractivity contribution in [3.63, 3.8) is 0 Å². The van der Waals surface area contributed by atoms with Crippen LogP contribution < -0.4 is 68.0 Å². The van der Waals surface area contributed by atoms with E-state index in [1.807, 2.05) is 176 Å². The van der Waals surface area contributed by atoms with E-state index in [0.717, 1.165) is 179 Å². The van der Waals surface area contributed by atoms with Gasteiger partial charge in [0.1, 0.15) is 96.3 Å². The van der Waals surface area contributed by atoms with Crippen LogP contribution in [0.4, 0.5) is 0 Å². The second-order valence-electron chi connectivity index (χ2n) is 35.2. The molecule has 0 aliphatic heterocycles. The number of hydrogen-bond acceptors (Lipinski definition) is 13. The minimum Gasteiger partial charge on any atom is -0.508 e. The van der Waals surface area contributed by atoms with Crippen LogP contribution in [-0.4, -0.2) is 45.8 Å². The normalized spacial score (nSPS) is 11.4. The molecule has 13 nitrogen and oxygen atoms in total. The molecule has 1 aliphatic carbocycles. The third kappa shape index (κ3) is 26.1. The fraction of sp³-hybridized carbons (Fsp3) is 0.123. The zero-order chi connectivity index (χ0) is 100. The number of fused-ring (bicyclic) bond motifs is 9. The van der Waals surface area contributed by atoms with Crippen LogP contribution in [0.5, 0.6) is 74.7 Å². The van der Waals surface area contributed by atoms with Gasteiger partial charge in [-0.3, -0.25) is 0 Å². The van der Waals surface area contributed by atoms with Crippen molar-refractivity contribution in [2.75, 3.05) is 35.5 Å². The van der Waals surface area contributed by atoms with Gasteiger partial charge in [0.15, 0.2) is 0 Å². The molecule has 0 fully saturated rings. The first kappa shape index (κ1) is 103. The Balaban J connectivity index is 0.000000132. The molecular formula is C130H117BrIO13P. The Kier molecular flexibility index (Phi) is 35.3. The van der Waals surface area contributed by atoms with Gasteiger partial charge < -0.3 is 52.8 Å². The molecule has 0 radical (unpaired) electrons. The quantitative estimate of drug-likeness (QED) is 0.0191. The molecule has 21 rings (SSSR count). The van der Waals surface area contributed by atoms with E-state index in [1.54, 1.807) is 53.7 Å². The predicted octanol–water partition coefficient (Wildman–Crippen LogP) is 31.8. The van der Waals surface area contributed by atoms with Gasteiger partial charge in [-0.2, -0.15) is 0 Å². The maximum absolute atomic E-state index is 10.1. The smallest absolute Gasteiger partial charge is 0.131 e. The standard InChI is InChI=1S/C33H30BrO2P.C29H25IO3.C29H24O3.C23H20O2.C15H14O3.CH4/c1-35-29-22-28(23-30(24-29)36-25-27-14-6-2-7-15-27)26-37(34,31-16-8-3-9-17-31,32-18-10-4-11-19-32)33-20-12-5-13-21-33;1-31-27-16-24(17-28(19-27)33-21-23-10-6-3-7-11-23)12-13-25-18-26(14-15-29(25)30)32-20-22-8-4-2-5-9-22;1-30-26-17-24-13-12-23-16-25(31-19-21-8-4-2-5-9-21)14-15-27(23)29(24)28(18-26)32-20-22-10-6-3-7-11-22;1-16-12-19-9-8-18-14-20(25-15-17-6-4-3-5-7-17)10-11-21(18)23(19)22(13-16)24-2;1-18-12-7-10-3-2-9-6-11(16)4-5-13(9)15(10)14(17)8-12;/h2-24H,25-26H2,1H3;2-19H,20-21H2,1H3;2-18H,19-20H2,1H3;3-14H,15H2,1-2H3;4-8,16-17H,2-3H2,1H3;1H4/b;13-12-;;;;. The largest absolute Gasteiger partial charge is 0.508 e. The number of halogens is 2. The third-order valence-corrected chi connectivity index (χ3v) is 35.8. The van der Waals surface area contributed by atoms with Crippen LogP contribution >= 0.6 is 43.4 Å². The van der Waals surface area contributed by atoms with Crippen molar-refractivity contribution in [3.05, 3.63) is 513 Å². The summed E-state index contributed by atoms with van der Waals surface area (Å²) < 4.78 is 65.2. The summed E-state index contributed by atoms with van der Waals surface area (Å²) in [7, 11) is 8.37. The van der Waals surface area contributed by atoms with Gasteiger partial charge in [0, 0.05) is 38.1 Å². The third-order valence-electron chi connectivity index (χ3n) is 25.3. The van der Waals surface area contributed by atoms with Gasteiger partial charge >= 0.3 is 228 Å². The summed E-state index contributed by atoms with van der Waals surface area (Å²) in [6.07, 6.45) is 6.63. The summed E-state index contributed by atoms with van der Waals surface area (Å²) in [5, 5.41) is 29.4. The first-order valence-electron chi connectivity index (χ1n) is 48.1. The number of phenolic OH excluding ortho intramolecular Hbond substituents is 2. The van der Waals surface area contributed by atoms with E-state index in [0.29, 0.717) is 45.4 Å². The van der Waals surface area contributed by atoms with Crippen molar-refractivity contribution in [1.29, 1.82) is 0 Å². The summed E-state index contributed by atoms with van der Waals surface area (Å²) >= 11 is 6.89. The number of rotatable bonds is 30. The summed E-state index contributed by atoms with van der Waals surface area (Å²) in [6, 6.07) is 150. The predicted molar refractivity (Wildman–Crippen MR) is 613 cm³/mol. The second kappa shape index (κ2) is 50.0. The Morgan fingerprint density at radius 1 is 0.295 bits per heavy atom. The van der Waals surface area contributed by atoms with Gasteiger partial charge in [0.05, 0.1) is 28.4 Å². The number of hydrogen-bond donors (Lipinski definition) is 2. The molecule has 0 unspecified atom stereocenters. The molecule has 0 aromatic heterocycles. The first-order valence-corrected chi connectivity index (χ1v) is 53.6. The van der Waals surface area contributed by atoms with E-state index in [1.165, 1.54) is 37.8 Å². The maximum Gasteiger partial charge on any atom is 0.131 e. The van der Waals surface area contributed by atoms with Crippen molar-refractivity contribution >= 4 is 115 Å². The Labute approximate surface area is 877 Å². The Morgan fingerprint density at radius 3 is 1.12 bits per heavy atom. The molecule has 2 N–H and O–H groups in total. The Morgan fingerprint density at radius 2 is 0.658 bits per heavy atom. The summed E-state index contributed by atoms with van der Waals surface area (Å²) in [4.78, 5) is 0. The van der Waals surface area contributed by atoms with Crippen LogP contribution in [0.1, 0.15) is 74.2 Å². The van der Waals surface area contributed by atoms with Gasteiger partial charge in [0.2, 0.25) is 0 Å². The van der Waals surface area contributed by atoms with E-state index in [-0.39, 0.29) is 18.9 Å². The van der Waals surface area contributed by atoms with Gasteiger partial charge in [-0.25, -0.2) is 0 Å². The number of aromatic hydroxyl groups is 2. The van der Waals surface area contributed by atoms with Gasteiger partial charge in [-0.05, 0) is 233 Å². The van der Waals surface area contributed by atoms with Crippen LogP contribution in [0, 0.1) is 10.5 Å². The van der Waals surface area contributed by atoms with E-state index in [4.69, 9.17) is 52.1 Å². The molecule has 20 aromatic rings. The fourth-order valence-corrected chi connectivity index (χ4v) is 26.2. The molecule has 20 aromatic carbocycles. The van der Waals surface area contributed by atoms with Gasteiger partial charge in [-0.1, -0.05) is 208 Å². The van der Waals surface area contributed by atoms with Crippen LogP contribution in [0.15, 0.2) is 443 Å². The number of phenols is 2. The molecule has 16 heteroatoms. The van der Waals surface area contributed by atoms with Crippen LogP contribution in [0.25, 0.3) is 66.4 Å². The summed E-state index contributed by atoms with van der Waals surface area (Å²) in [5.74, 6) is 9.36. The molecule has 0 heterocycles. The molecule has 1 aliphatic rings. The Bertz CT molecular complexity index is 7650. The molecule has 0 atom stereocenters. The fourth-order valence-electron chi connectivity index (χ4n) is 18.0. The molecule has 0 spiro atoms. The number of methoxy groups -OCH3 is 5. The molecule has 0 saturated heterocycles. The molecule has 0 amide bonds. The van der Waals surface area contributed by atoms with E-state index >= 15 is 0 Å². The van der Waals surface area contributed by atoms with Crippen LogP contribution in [0.2, 0.25) is 0 Å². The van der Waals surface area contributed by atoms with Crippen molar-refractivity contribution in [1.82, 2.24) is 0 Å². The number of ether oxygens (including phenoxy) is 11. The van der Waals surface area contributed by atoms with Crippen molar-refractivity contribution in [2.24, 2.45) is 0 Å². The maximum atomic E-state index is 10.1. The van der Waals surface area contributed by atoms with Crippen LogP contribution in [0.3, 0.4) is 0 Å². The molecular weight excluding hydrogens is 2010 g/mol. The monoisotopic (exact) mass is 2120 g/mol. The van der Waals surface area contributed by atoms with E-state index < -0.39 is 5.31 Å². The SMILES string of the molecule is C.COc1cc(/C=C\c2cc(OCc3ccccc3)ccc2I)cc(OCc2ccccc2)c1.COc1cc(C)cc2ccc3cc(OCc4ccccc4)ccc3c12.COc1cc(CP(Br)(c2ccccc2)(c2ccccc2)c2ccccc2)cc(OCc2ccccc2)c1.COc1cc(O)c2c(c1)CCc1cc(O)ccc1-2.COc1cc(OCc2ccccc2)c2c(ccc3cc(OCc4ccccc4)ccc32)c1. The van der Waals surface area contributed by atoms with Gasteiger partial charge in [-0.15, -0.1) is 0 Å². The number of aryl methyl sites for hydroxylation is 3. The van der Waals surface area contributed by atoms with E-state index in [2.05, 4.69) is 306 Å². The zero-order valence-corrected chi connectivity index (χ0v) is 86.4. The van der Waals surface area contributed by atoms with E-state index in [9.17, 15) is 10.2 Å². The summed E-state index contributed by atoms with van der Waals surface area (Å²) in [5.41, 5.74) is 15.3. The zero-order valence-electron chi connectivity index (χ0n) is 81.8. The molecule has 734 valence electrons. The number of benzene rings is 20. The summed E-state index contributed by atoms with van der Waals surface area (Å²) in [6.45, 7) is 5.26. The minimum absolute atomic E-state index is 0. The molecule has 0 bridgehead atoms. The van der Waals surface area contributed by atoms with Gasteiger partial charge in [0.25, 0.3) is 0 Å². The van der Waals surface area contributed by atoms with Crippen molar-refractivity contribution in [3.8, 4) is 85.9 Å². The topological polar surface area (TPSA) is 142 Å². The van der Waals surface area contributed by atoms with Crippen molar-refractivity contribution < 1.29 is 62.3 Å². The average Bonchev–Trinajstić information content (AvgIpc) is 0.701. The Hall–Kier alpha value is -15.8. The van der Waals surface area contributed by atoms with Crippen molar-refractivity contribution in [2.45, 2.75) is 73.0 Å². The second-order valence-corrected chi connectivity index (χ2v) is 45.3. The average molecular weight is 2130 g/mol. The molecule has 146 heavy (non-hydrogen) atoms.